The molecule has 3 rings (SSSR count). The average molecular weight is 217 g/mol. The summed E-state index contributed by atoms with van der Waals surface area (Å²) in [6.45, 7) is 2.11. The van der Waals surface area contributed by atoms with Crippen LogP contribution in [0.1, 0.15) is 30.4 Å². The second kappa shape index (κ2) is 3.57. The molecular weight excluding hydrogens is 198 g/mol. The van der Waals surface area contributed by atoms with E-state index in [1.807, 2.05) is 0 Å². The topological polar surface area (TPSA) is 35.2 Å². The van der Waals surface area contributed by atoms with Crippen molar-refractivity contribution in [2.75, 3.05) is 0 Å². The average Bonchev–Trinajstić information content (AvgIpc) is 2.81. The van der Waals surface area contributed by atoms with E-state index in [0.29, 0.717) is 12.2 Å². The number of benzene rings is 1. The van der Waals surface area contributed by atoms with Gasteiger partial charge in [-0.05, 0) is 38.2 Å². The van der Waals surface area contributed by atoms with E-state index in [0.717, 1.165) is 19.3 Å². The van der Waals surface area contributed by atoms with Crippen molar-refractivity contribution in [2.45, 2.75) is 50.4 Å². The van der Waals surface area contributed by atoms with Crippen LogP contribution in [0, 0.1) is 6.92 Å². The molecule has 3 atom stereocenters. The molecule has 3 unspecified atom stereocenters. The van der Waals surface area contributed by atoms with Crippen molar-refractivity contribution in [3.8, 4) is 0 Å². The van der Waals surface area contributed by atoms with Crippen molar-refractivity contribution >= 4 is 0 Å². The number of fused-ring (bicyclic) bond motifs is 2. The molecule has 2 aliphatic heterocycles. The fourth-order valence-corrected chi connectivity index (χ4v) is 3.11. The zero-order valence-electron chi connectivity index (χ0n) is 9.78. The summed E-state index contributed by atoms with van der Waals surface area (Å²) in [6, 6.07) is 8.70. The maximum absolute atomic E-state index is 6.49. The van der Waals surface area contributed by atoms with Crippen LogP contribution in [0.5, 0.6) is 0 Å². The molecule has 2 saturated heterocycles. The lowest BCUT2D eigenvalue weighted by Crippen LogP contribution is -2.50. The molecule has 86 valence electrons. The van der Waals surface area contributed by atoms with Crippen LogP contribution in [0.4, 0.5) is 0 Å². The normalized spacial score (nSPS) is 36.9. The Morgan fingerprint density at radius 3 is 2.62 bits per heavy atom. The van der Waals surface area contributed by atoms with E-state index in [1.165, 1.54) is 17.5 Å². The van der Waals surface area contributed by atoms with Gasteiger partial charge in [-0.2, -0.15) is 0 Å². The van der Waals surface area contributed by atoms with Crippen LogP contribution >= 0.6 is 0 Å². The first-order valence-corrected chi connectivity index (χ1v) is 6.16. The van der Waals surface area contributed by atoms with Crippen LogP contribution in [0.25, 0.3) is 0 Å². The lowest BCUT2D eigenvalue weighted by Gasteiger charge is -2.31. The lowest BCUT2D eigenvalue weighted by atomic mass is 9.78. The van der Waals surface area contributed by atoms with Crippen molar-refractivity contribution < 1.29 is 4.74 Å². The van der Waals surface area contributed by atoms with Gasteiger partial charge >= 0.3 is 0 Å². The summed E-state index contributed by atoms with van der Waals surface area (Å²) >= 11 is 0. The first-order valence-electron chi connectivity index (χ1n) is 6.16. The van der Waals surface area contributed by atoms with Crippen molar-refractivity contribution in [1.29, 1.82) is 0 Å². The maximum Gasteiger partial charge on any atom is 0.0763 e. The molecule has 2 N–H and O–H groups in total. The molecule has 2 bridgehead atoms. The summed E-state index contributed by atoms with van der Waals surface area (Å²) in [6.07, 6.45) is 5.06. The number of ether oxygens (including phenoxy) is 1. The van der Waals surface area contributed by atoms with Crippen LogP contribution in [0.15, 0.2) is 24.3 Å². The van der Waals surface area contributed by atoms with E-state index < -0.39 is 0 Å². The summed E-state index contributed by atoms with van der Waals surface area (Å²) < 4.78 is 5.86. The summed E-state index contributed by atoms with van der Waals surface area (Å²) in [5.41, 5.74) is 9.02. The minimum Gasteiger partial charge on any atom is -0.373 e. The SMILES string of the molecule is Cc1ccc(CC2(N)CC3CCC2O3)cc1. The van der Waals surface area contributed by atoms with E-state index in [1.54, 1.807) is 0 Å². The van der Waals surface area contributed by atoms with E-state index in [-0.39, 0.29) is 5.54 Å². The second-order valence-electron chi connectivity index (χ2n) is 5.42. The minimum absolute atomic E-state index is 0.113. The number of nitrogens with two attached hydrogens (primary N) is 1. The van der Waals surface area contributed by atoms with Gasteiger partial charge in [0, 0.05) is 5.54 Å². The number of aryl methyl sites for hydroxylation is 1. The molecule has 0 saturated carbocycles. The van der Waals surface area contributed by atoms with Crippen LogP contribution in [-0.2, 0) is 11.2 Å². The van der Waals surface area contributed by atoms with Gasteiger partial charge in [0.15, 0.2) is 0 Å². The van der Waals surface area contributed by atoms with Gasteiger partial charge in [0.05, 0.1) is 12.2 Å². The van der Waals surface area contributed by atoms with Gasteiger partial charge in [-0.3, -0.25) is 0 Å². The predicted molar refractivity (Wildman–Crippen MR) is 64.3 cm³/mol. The van der Waals surface area contributed by atoms with Gasteiger partial charge in [-0.15, -0.1) is 0 Å². The third-order valence-corrected chi connectivity index (χ3v) is 4.01. The third-order valence-electron chi connectivity index (χ3n) is 4.01. The molecule has 1 aromatic rings. The third kappa shape index (κ3) is 1.66. The summed E-state index contributed by atoms with van der Waals surface area (Å²) in [5, 5.41) is 0. The predicted octanol–water partition coefficient (Wildman–Crippen LogP) is 2.19. The van der Waals surface area contributed by atoms with E-state index >= 15 is 0 Å². The molecule has 0 aromatic heterocycles. The molecule has 2 heteroatoms. The van der Waals surface area contributed by atoms with Gasteiger partial charge in [0.2, 0.25) is 0 Å². The van der Waals surface area contributed by atoms with Crippen molar-refractivity contribution in [3.05, 3.63) is 35.4 Å². The van der Waals surface area contributed by atoms with E-state index in [2.05, 4.69) is 31.2 Å². The van der Waals surface area contributed by atoms with E-state index in [9.17, 15) is 0 Å². The molecule has 2 nitrogen and oxygen atoms in total. The maximum atomic E-state index is 6.49. The highest BCUT2D eigenvalue weighted by Gasteiger charge is 2.49. The highest BCUT2D eigenvalue weighted by Crippen LogP contribution is 2.41. The summed E-state index contributed by atoms with van der Waals surface area (Å²) in [7, 11) is 0. The monoisotopic (exact) mass is 217 g/mol. The van der Waals surface area contributed by atoms with E-state index in [4.69, 9.17) is 10.5 Å². The van der Waals surface area contributed by atoms with Crippen LogP contribution in [-0.4, -0.2) is 17.7 Å². The first kappa shape index (κ1) is 10.3. The molecule has 2 fully saturated rings. The van der Waals surface area contributed by atoms with Gasteiger partial charge in [-0.1, -0.05) is 29.8 Å². The Bertz CT molecular complexity index is 386. The Morgan fingerprint density at radius 1 is 1.31 bits per heavy atom. The Balaban J connectivity index is 1.77. The van der Waals surface area contributed by atoms with Crippen LogP contribution in [0.3, 0.4) is 0 Å². The Morgan fingerprint density at radius 2 is 2.06 bits per heavy atom. The quantitative estimate of drug-likeness (QED) is 0.824. The minimum atomic E-state index is -0.113. The fourth-order valence-electron chi connectivity index (χ4n) is 3.11. The Kier molecular flexibility index (Phi) is 2.30. The molecule has 1 aromatic carbocycles. The summed E-state index contributed by atoms with van der Waals surface area (Å²) in [5.74, 6) is 0. The van der Waals surface area contributed by atoms with Crippen molar-refractivity contribution in [1.82, 2.24) is 0 Å². The highest BCUT2D eigenvalue weighted by molar-refractivity contribution is 5.24. The zero-order valence-corrected chi connectivity index (χ0v) is 9.78. The Hall–Kier alpha value is -0.860. The molecule has 2 heterocycles. The molecular formula is C14H19NO. The molecule has 0 amide bonds. The van der Waals surface area contributed by atoms with Gasteiger partial charge < -0.3 is 10.5 Å². The summed E-state index contributed by atoms with van der Waals surface area (Å²) in [4.78, 5) is 0. The molecule has 16 heavy (non-hydrogen) atoms. The second-order valence-corrected chi connectivity index (χ2v) is 5.42. The molecule has 2 aliphatic rings. The lowest BCUT2D eigenvalue weighted by molar-refractivity contribution is 0.0856. The standard InChI is InChI=1S/C14H19NO/c1-10-2-4-11(5-3-10)8-14(15)9-12-6-7-13(14)16-12/h2-5,12-13H,6-9,15H2,1H3. The number of hydrogen-bond acceptors (Lipinski definition) is 2. The Labute approximate surface area is 96.8 Å². The largest absolute Gasteiger partial charge is 0.373 e. The fraction of sp³-hybridized carbons (Fsp3) is 0.571. The highest BCUT2D eigenvalue weighted by atomic mass is 16.5. The van der Waals surface area contributed by atoms with Gasteiger partial charge in [0.25, 0.3) is 0 Å². The number of rotatable bonds is 2. The zero-order chi connectivity index (χ0) is 11.2. The first-order chi connectivity index (χ1) is 7.66. The van der Waals surface area contributed by atoms with Gasteiger partial charge in [0.1, 0.15) is 0 Å². The molecule has 0 aliphatic carbocycles. The molecule has 0 radical (unpaired) electrons. The van der Waals surface area contributed by atoms with Crippen molar-refractivity contribution in [3.63, 3.8) is 0 Å². The van der Waals surface area contributed by atoms with Gasteiger partial charge in [-0.25, -0.2) is 0 Å². The van der Waals surface area contributed by atoms with Crippen LogP contribution in [0.2, 0.25) is 0 Å². The smallest absolute Gasteiger partial charge is 0.0763 e. The van der Waals surface area contributed by atoms with Crippen molar-refractivity contribution in [2.24, 2.45) is 5.73 Å². The molecule has 0 spiro atoms. The van der Waals surface area contributed by atoms with Crippen LogP contribution < -0.4 is 5.73 Å². The number of hydrogen-bond donors (Lipinski definition) is 1.